The monoisotopic (exact) mass is 248 g/mol. The molecule has 1 heterocycles. The zero-order chi connectivity index (χ0) is 13.0. The molecule has 4 heteroatoms. The Bertz CT molecular complexity index is 394. The maximum absolute atomic E-state index is 11.8. The second-order valence-electron chi connectivity index (χ2n) is 4.94. The summed E-state index contributed by atoms with van der Waals surface area (Å²) < 4.78 is 5.30. The minimum atomic E-state index is -0.676. The lowest BCUT2D eigenvalue weighted by molar-refractivity contribution is -0.146. The predicted octanol–water partition coefficient (Wildman–Crippen LogP) is 1.18. The zero-order valence-electron chi connectivity index (χ0n) is 10.7. The van der Waals surface area contributed by atoms with Crippen molar-refractivity contribution in [3.63, 3.8) is 0 Å². The number of esters is 1. The largest absolute Gasteiger partial charge is 0.464 e. The van der Waals surface area contributed by atoms with Crippen molar-refractivity contribution in [2.75, 3.05) is 26.7 Å². The van der Waals surface area contributed by atoms with Crippen LogP contribution in [0.2, 0.25) is 0 Å². The van der Waals surface area contributed by atoms with Gasteiger partial charge in [-0.05, 0) is 25.6 Å². The summed E-state index contributed by atoms with van der Waals surface area (Å²) in [5.74, 6) is 0.109. The highest BCUT2D eigenvalue weighted by Gasteiger charge is 2.23. The molecule has 4 nitrogen and oxygen atoms in total. The summed E-state index contributed by atoms with van der Waals surface area (Å²) >= 11 is 0. The van der Waals surface area contributed by atoms with Gasteiger partial charge in [0.2, 0.25) is 0 Å². The van der Waals surface area contributed by atoms with Crippen molar-refractivity contribution in [3.8, 4) is 0 Å². The average molecular weight is 248 g/mol. The van der Waals surface area contributed by atoms with Crippen molar-refractivity contribution >= 4 is 5.97 Å². The molecule has 0 amide bonds. The van der Waals surface area contributed by atoms with Crippen LogP contribution in [-0.2, 0) is 9.53 Å². The minimum Gasteiger partial charge on any atom is -0.464 e. The van der Waals surface area contributed by atoms with Gasteiger partial charge in [-0.25, -0.2) is 4.79 Å². The lowest BCUT2D eigenvalue weighted by Crippen LogP contribution is -2.26. The van der Waals surface area contributed by atoms with Crippen LogP contribution in [0.25, 0.3) is 0 Å². The molecule has 0 aliphatic carbocycles. The van der Waals surface area contributed by atoms with E-state index in [1.54, 1.807) is 0 Å². The Hall–Kier alpha value is -1.39. The number of hydrogen-bond acceptors (Lipinski definition) is 4. The van der Waals surface area contributed by atoms with Gasteiger partial charge in [0.15, 0.2) is 0 Å². The molecular formula is C14H20N2O2. The fourth-order valence-electron chi connectivity index (χ4n) is 2.25. The number of rotatable bonds is 4. The Morgan fingerprint density at radius 1 is 1.50 bits per heavy atom. The number of nitrogens with two attached hydrogens (primary N) is 1. The van der Waals surface area contributed by atoms with E-state index in [1.165, 1.54) is 0 Å². The molecule has 1 aromatic rings. The van der Waals surface area contributed by atoms with E-state index in [4.69, 9.17) is 10.5 Å². The van der Waals surface area contributed by atoms with Crippen molar-refractivity contribution in [2.45, 2.75) is 12.5 Å². The topological polar surface area (TPSA) is 55.6 Å². The van der Waals surface area contributed by atoms with Crippen LogP contribution in [0.5, 0.6) is 0 Å². The highest BCUT2D eigenvalue weighted by Crippen LogP contribution is 2.16. The standard InChI is InChI=1S/C14H20N2O2/c1-16-8-7-11(9-16)10-18-14(17)13(15)12-5-3-2-4-6-12/h2-6,11,13H,7-10,15H2,1H3/t11-,13?/m0/s1. The molecule has 0 bridgehead atoms. The van der Waals surface area contributed by atoms with Gasteiger partial charge in [-0.2, -0.15) is 0 Å². The number of hydrogen-bond donors (Lipinski definition) is 1. The first-order valence-corrected chi connectivity index (χ1v) is 6.32. The smallest absolute Gasteiger partial charge is 0.327 e. The lowest BCUT2D eigenvalue weighted by Gasteiger charge is -2.14. The van der Waals surface area contributed by atoms with Crippen molar-refractivity contribution in [1.29, 1.82) is 0 Å². The van der Waals surface area contributed by atoms with Crippen LogP contribution in [0, 0.1) is 5.92 Å². The summed E-state index contributed by atoms with van der Waals surface area (Å²) in [6.45, 7) is 2.55. The van der Waals surface area contributed by atoms with Gasteiger partial charge in [-0.3, -0.25) is 0 Å². The van der Waals surface area contributed by atoms with Gasteiger partial charge in [0, 0.05) is 12.5 Å². The number of carbonyl (C=O) groups is 1. The van der Waals surface area contributed by atoms with Gasteiger partial charge >= 0.3 is 5.97 Å². The Morgan fingerprint density at radius 2 is 2.22 bits per heavy atom. The van der Waals surface area contributed by atoms with Crippen LogP contribution in [-0.4, -0.2) is 37.6 Å². The summed E-state index contributed by atoms with van der Waals surface area (Å²) in [5.41, 5.74) is 6.66. The van der Waals surface area contributed by atoms with E-state index in [2.05, 4.69) is 11.9 Å². The Morgan fingerprint density at radius 3 is 2.83 bits per heavy atom. The normalized spacial score (nSPS) is 21.8. The highest BCUT2D eigenvalue weighted by molar-refractivity contribution is 5.77. The lowest BCUT2D eigenvalue weighted by atomic mass is 10.1. The minimum absolute atomic E-state index is 0.337. The quantitative estimate of drug-likeness (QED) is 0.813. The molecule has 1 aromatic carbocycles. The molecule has 0 radical (unpaired) electrons. The van der Waals surface area contributed by atoms with Crippen molar-refractivity contribution < 1.29 is 9.53 Å². The molecule has 1 aliphatic rings. The highest BCUT2D eigenvalue weighted by atomic mass is 16.5. The summed E-state index contributed by atoms with van der Waals surface area (Å²) in [7, 11) is 2.08. The third kappa shape index (κ3) is 3.31. The van der Waals surface area contributed by atoms with Gasteiger partial charge < -0.3 is 15.4 Å². The molecule has 0 spiro atoms. The first-order valence-electron chi connectivity index (χ1n) is 6.32. The predicted molar refractivity (Wildman–Crippen MR) is 69.9 cm³/mol. The Kier molecular flexibility index (Phi) is 4.33. The van der Waals surface area contributed by atoms with Crippen molar-refractivity contribution in [3.05, 3.63) is 35.9 Å². The molecule has 1 fully saturated rings. The van der Waals surface area contributed by atoms with E-state index in [0.29, 0.717) is 12.5 Å². The molecule has 1 unspecified atom stereocenters. The fraction of sp³-hybridized carbons (Fsp3) is 0.500. The maximum atomic E-state index is 11.8. The second-order valence-corrected chi connectivity index (χ2v) is 4.94. The van der Waals surface area contributed by atoms with E-state index < -0.39 is 6.04 Å². The molecule has 1 aliphatic heterocycles. The van der Waals surface area contributed by atoms with Crippen LogP contribution in [0.4, 0.5) is 0 Å². The summed E-state index contributed by atoms with van der Waals surface area (Å²) in [4.78, 5) is 14.1. The van der Waals surface area contributed by atoms with E-state index in [0.717, 1.165) is 25.1 Å². The van der Waals surface area contributed by atoms with Crippen LogP contribution in [0.1, 0.15) is 18.0 Å². The number of likely N-dealkylation sites (tertiary alicyclic amines) is 1. The molecule has 2 atom stereocenters. The molecule has 18 heavy (non-hydrogen) atoms. The molecule has 2 N–H and O–H groups in total. The molecular weight excluding hydrogens is 228 g/mol. The van der Waals surface area contributed by atoms with Gasteiger partial charge in [0.1, 0.15) is 6.04 Å². The van der Waals surface area contributed by atoms with E-state index >= 15 is 0 Å². The van der Waals surface area contributed by atoms with Gasteiger partial charge in [0.25, 0.3) is 0 Å². The third-order valence-corrected chi connectivity index (χ3v) is 3.36. The molecule has 0 aromatic heterocycles. The van der Waals surface area contributed by atoms with E-state index in [9.17, 15) is 4.79 Å². The van der Waals surface area contributed by atoms with Crippen LogP contribution < -0.4 is 5.73 Å². The van der Waals surface area contributed by atoms with Crippen molar-refractivity contribution in [2.24, 2.45) is 11.7 Å². The summed E-state index contributed by atoms with van der Waals surface area (Å²) in [6, 6.07) is 8.65. The second kappa shape index (κ2) is 5.98. The van der Waals surface area contributed by atoms with Crippen LogP contribution >= 0.6 is 0 Å². The maximum Gasteiger partial charge on any atom is 0.327 e. The Balaban J connectivity index is 1.81. The fourth-order valence-corrected chi connectivity index (χ4v) is 2.25. The number of ether oxygens (including phenoxy) is 1. The molecule has 98 valence electrons. The van der Waals surface area contributed by atoms with Crippen LogP contribution in [0.3, 0.4) is 0 Å². The first-order chi connectivity index (χ1) is 8.66. The number of nitrogens with zero attached hydrogens (tertiary/aromatic N) is 1. The first kappa shape index (κ1) is 13.1. The molecule has 1 saturated heterocycles. The van der Waals surface area contributed by atoms with Gasteiger partial charge in [0.05, 0.1) is 6.61 Å². The van der Waals surface area contributed by atoms with E-state index in [-0.39, 0.29) is 5.97 Å². The molecule has 2 rings (SSSR count). The van der Waals surface area contributed by atoms with Crippen LogP contribution in [0.15, 0.2) is 30.3 Å². The summed E-state index contributed by atoms with van der Waals surface area (Å²) in [5, 5.41) is 0. The van der Waals surface area contributed by atoms with Gasteiger partial charge in [-0.15, -0.1) is 0 Å². The average Bonchev–Trinajstić information content (AvgIpc) is 2.82. The van der Waals surface area contributed by atoms with Crippen molar-refractivity contribution in [1.82, 2.24) is 4.90 Å². The van der Waals surface area contributed by atoms with Gasteiger partial charge in [-0.1, -0.05) is 30.3 Å². The van der Waals surface area contributed by atoms with E-state index in [1.807, 2.05) is 30.3 Å². The zero-order valence-corrected chi connectivity index (χ0v) is 10.7. The third-order valence-electron chi connectivity index (χ3n) is 3.36. The number of benzene rings is 1. The SMILES string of the molecule is CN1CC[C@H](COC(=O)C(N)c2ccccc2)C1. The Labute approximate surface area is 108 Å². The molecule has 0 saturated carbocycles. The summed E-state index contributed by atoms with van der Waals surface area (Å²) in [6.07, 6.45) is 1.09. The number of carbonyl (C=O) groups excluding carboxylic acids is 1.